The minimum Gasteiger partial charge on any atom is -0.508 e. The van der Waals surface area contributed by atoms with Gasteiger partial charge in [-0.3, -0.25) is 5.32 Å². The van der Waals surface area contributed by atoms with Gasteiger partial charge in [0.1, 0.15) is 17.0 Å². The number of hydrogen-bond acceptors (Lipinski definition) is 8. The molecule has 0 saturated carbocycles. The van der Waals surface area contributed by atoms with E-state index in [1.165, 1.54) is 0 Å². The second-order valence-corrected chi connectivity index (χ2v) is 6.89. The molecule has 5 aromatic rings. The van der Waals surface area contributed by atoms with Crippen LogP contribution in [0.2, 0.25) is 0 Å². The molecule has 0 saturated heterocycles. The number of aromatic hydroxyl groups is 2. The van der Waals surface area contributed by atoms with E-state index in [0.717, 1.165) is 5.56 Å². The van der Waals surface area contributed by atoms with E-state index in [1.54, 1.807) is 54.6 Å². The van der Waals surface area contributed by atoms with Gasteiger partial charge in [-0.2, -0.15) is 15.0 Å². The van der Waals surface area contributed by atoms with Gasteiger partial charge in [-0.25, -0.2) is 4.98 Å². The van der Waals surface area contributed by atoms with Crippen molar-refractivity contribution in [3.63, 3.8) is 0 Å². The van der Waals surface area contributed by atoms with Crippen LogP contribution in [0.15, 0.2) is 77.2 Å². The van der Waals surface area contributed by atoms with Gasteiger partial charge in [-0.15, -0.1) is 0 Å². The molecule has 0 bridgehead atoms. The average Bonchev–Trinajstić information content (AvgIpc) is 3.21. The van der Waals surface area contributed by atoms with Gasteiger partial charge in [0.2, 0.25) is 5.95 Å². The molecule has 2 aromatic heterocycles. The highest BCUT2D eigenvalue weighted by Crippen LogP contribution is 2.27. The highest BCUT2D eigenvalue weighted by Gasteiger charge is 2.13. The fourth-order valence-electron chi connectivity index (χ4n) is 3.08. The summed E-state index contributed by atoms with van der Waals surface area (Å²) in [5, 5.41) is 22.7. The number of nitrogens with one attached hydrogen (secondary N) is 1. The molecule has 0 radical (unpaired) electrons. The lowest BCUT2D eigenvalue weighted by molar-refractivity contribution is 0.475. The highest BCUT2D eigenvalue weighted by molar-refractivity contribution is 5.75. The maximum Gasteiger partial charge on any atom is 0.302 e. The van der Waals surface area contributed by atoms with Crippen molar-refractivity contribution in [2.75, 3.05) is 5.32 Å². The Balaban J connectivity index is 1.54. The molecule has 3 N–H and O–H groups in total. The average molecular weight is 423 g/mol. The van der Waals surface area contributed by atoms with E-state index in [4.69, 9.17) is 4.42 Å². The van der Waals surface area contributed by atoms with Gasteiger partial charge in [-0.1, -0.05) is 42.5 Å². The maximum absolute atomic E-state index is 10.3. The van der Waals surface area contributed by atoms with Crippen molar-refractivity contribution < 1.29 is 14.6 Å². The molecule has 0 unspecified atom stereocenters. The SMILES string of the molecule is Oc1ccc(/C=C/c2nc(Nc3nc4ccccc4o3)nc(-c3ccccc3O)n2)cc1. The molecule has 5 rings (SSSR count). The van der Waals surface area contributed by atoms with E-state index in [1.807, 2.05) is 30.3 Å². The van der Waals surface area contributed by atoms with E-state index in [0.29, 0.717) is 28.3 Å². The molecule has 3 aromatic carbocycles. The largest absolute Gasteiger partial charge is 0.508 e. The molecule has 0 spiro atoms. The monoisotopic (exact) mass is 423 g/mol. The van der Waals surface area contributed by atoms with Crippen molar-refractivity contribution in [2.24, 2.45) is 0 Å². The van der Waals surface area contributed by atoms with Crippen LogP contribution in [-0.4, -0.2) is 30.1 Å². The number of oxazole rings is 1. The Bertz CT molecular complexity index is 1390. The van der Waals surface area contributed by atoms with Crippen LogP contribution in [0.3, 0.4) is 0 Å². The first-order chi connectivity index (χ1) is 15.6. The number of phenols is 2. The minimum atomic E-state index is 0.0555. The van der Waals surface area contributed by atoms with Gasteiger partial charge < -0.3 is 14.6 Å². The van der Waals surface area contributed by atoms with Gasteiger partial charge in [0.05, 0.1) is 5.56 Å². The predicted molar refractivity (Wildman–Crippen MR) is 121 cm³/mol. The smallest absolute Gasteiger partial charge is 0.302 e. The van der Waals surface area contributed by atoms with Gasteiger partial charge >= 0.3 is 6.01 Å². The Hall–Kier alpha value is -4.72. The zero-order valence-corrected chi connectivity index (χ0v) is 16.7. The Morgan fingerprint density at radius 2 is 1.53 bits per heavy atom. The molecule has 32 heavy (non-hydrogen) atoms. The van der Waals surface area contributed by atoms with Gasteiger partial charge in [0, 0.05) is 0 Å². The Labute approximate surface area is 182 Å². The highest BCUT2D eigenvalue weighted by atomic mass is 16.4. The van der Waals surface area contributed by atoms with Crippen LogP contribution in [-0.2, 0) is 0 Å². The summed E-state index contributed by atoms with van der Waals surface area (Å²) in [6.45, 7) is 0. The van der Waals surface area contributed by atoms with Crippen LogP contribution in [0.25, 0.3) is 34.6 Å². The third kappa shape index (κ3) is 4.10. The molecule has 0 amide bonds. The Morgan fingerprint density at radius 1 is 0.750 bits per heavy atom. The first kappa shape index (κ1) is 19.3. The van der Waals surface area contributed by atoms with Crippen LogP contribution in [0.1, 0.15) is 11.4 Å². The summed E-state index contributed by atoms with van der Waals surface area (Å²) in [4.78, 5) is 17.7. The van der Waals surface area contributed by atoms with Crippen molar-refractivity contribution in [3.8, 4) is 22.9 Å². The molecular weight excluding hydrogens is 406 g/mol. The van der Waals surface area contributed by atoms with E-state index >= 15 is 0 Å². The van der Waals surface area contributed by atoms with E-state index in [2.05, 4.69) is 25.3 Å². The first-order valence-corrected chi connectivity index (χ1v) is 9.78. The third-order valence-corrected chi connectivity index (χ3v) is 4.63. The third-order valence-electron chi connectivity index (χ3n) is 4.63. The van der Waals surface area contributed by atoms with Crippen LogP contribution < -0.4 is 5.32 Å². The van der Waals surface area contributed by atoms with Crippen molar-refractivity contribution in [1.29, 1.82) is 0 Å². The Morgan fingerprint density at radius 3 is 2.34 bits per heavy atom. The summed E-state index contributed by atoms with van der Waals surface area (Å²) >= 11 is 0. The van der Waals surface area contributed by atoms with Gasteiger partial charge in [-0.05, 0) is 48.0 Å². The number of nitrogens with zero attached hydrogens (tertiary/aromatic N) is 4. The molecule has 8 nitrogen and oxygen atoms in total. The van der Waals surface area contributed by atoms with Gasteiger partial charge in [0.15, 0.2) is 17.2 Å². The minimum absolute atomic E-state index is 0.0555. The Kier molecular flexibility index (Phi) is 4.93. The lowest BCUT2D eigenvalue weighted by Crippen LogP contribution is -2.03. The standard InChI is InChI=1S/C24H17N5O3/c30-16-12-9-15(10-13-16)11-14-21-26-22(17-5-1-3-7-19(17)31)28-23(27-21)29-24-25-18-6-2-4-8-20(18)32-24/h1-14,30-31H,(H,25,26,27,28,29)/b14-11+. The quantitative estimate of drug-likeness (QED) is 0.361. The number of anilines is 2. The number of phenolic OH excluding ortho intramolecular Hbond substituents is 2. The zero-order chi connectivity index (χ0) is 21.9. The fraction of sp³-hybridized carbons (Fsp3) is 0. The van der Waals surface area contributed by atoms with Crippen molar-refractivity contribution in [3.05, 3.63) is 84.2 Å². The van der Waals surface area contributed by atoms with Crippen LogP contribution in [0.5, 0.6) is 11.5 Å². The topological polar surface area (TPSA) is 117 Å². The summed E-state index contributed by atoms with van der Waals surface area (Å²) in [6.07, 6.45) is 3.53. The molecule has 2 heterocycles. The van der Waals surface area contributed by atoms with E-state index in [-0.39, 0.29) is 23.5 Å². The lowest BCUT2D eigenvalue weighted by atomic mass is 10.2. The van der Waals surface area contributed by atoms with Gasteiger partial charge in [0.25, 0.3) is 0 Å². The molecule has 8 heteroatoms. The molecule has 0 aliphatic rings. The molecule has 0 aliphatic heterocycles. The normalized spacial score (nSPS) is 11.2. The molecular formula is C24H17N5O3. The lowest BCUT2D eigenvalue weighted by Gasteiger charge is -2.07. The van der Waals surface area contributed by atoms with Crippen molar-refractivity contribution >= 4 is 35.2 Å². The molecule has 156 valence electrons. The summed E-state index contributed by atoms with van der Waals surface area (Å²) in [5.74, 6) is 1.12. The number of aromatic nitrogens is 4. The fourth-order valence-corrected chi connectivity index (χ4v) is 3.08. The number of benzene rings is 3. The number of rotatable bonds is 5. The summed E-state index contributed by atoms with van der Waals surface area (Å²) in [7, 11) is 0. The second kappa shape index (κ2) is 8.19. The number of hydrogen-bond donors (Lipinski definition) is 3. The van der Waals surface area contributed by atoms with Crippen LogP contribution in [0, 0.1) is 0 Å². The number of para-hydroxylation sites is 3. The summed E-state index contributed by atoms with van der Waals surface area (Å²) in [6, 6.07) is 21.2. The molecule has 0 atom stereocenters. The molecule has 0 fully saturated rings. The van der Waals surface area contributed by atoms with E-state index in [9.17, 15) is 10.2 Å². The number of fused-ring (bicyclic) bond motifs is 1. The summed E-state index contributed by atoms with van der Waals surface area (Å²) in [5.41, 5.74) is 2.67. The maximum atomic E-state index is 10.3. The summed E-state index contributed by atoms with van der Waals surface area (Å²) < 4.78 is 5.71. The zero-order valence-electron chi connectivity index (χ0n) is 16.7. The van der Waals surface area contributed by atoms with Crippen molar-refractivity contribution in [2.45, 2.75) is 0 Å². The second-order valence-electron chi connectivity index (χ2n) is 6.89. The van der Waals surface area contributed by atoms with E-state index < -0.39 is 0 Å². The molecule has 0 aliphatic carbocycles. The van der Waals surface area contributed by atoms with Crippen LogP contribution >= 0.6 is 0 Å². The van der Waals surface area contributed by atoms with Crippen molar-refractivity contribution in [1.82, 2.24) is 19.9 Å². The first-order valence-electron chi connectivity index (χ1n) is 9.78. The predicted octanol–water partition coefficient (Wildman–Crippen LogP) is 5.01. The van der Waals surface area contributed by atoms with Crippen LogP contribution in [0.4, 0.5) is 12.0 Å².